The SMILES string of the molecule is O=P(O)(O)Cc1ccc(Nc2c(-c3ccccc3)[nH]c3cc(-c4ccccc4)cc[n+]23)cc1. The Kier molecular flexibility index (Phi) is 5.56. The van der Waals surface area contributed by atoms with E-state index in [0.717, 1.165) is 39.5 Å². The molecule has 0 aliphatic heterocycles. The van der Waals surface area contributed by atoms with E-state index in [-0.39, 0.29) is 6.16 Å². The van der Waals surface area contributed by atoms with Crippen LogP contribution in [0.5, 0.6) is 0 Å². The average molecular weight is 456 g/mol. The van der Waals surface area contributed by atoms with Crippen molar-refractivity contribution in [3.63, 3.8) is 0 Å². The molecule has 0 amide bonds. The monoisotopic (exact) mass is 456 g/mol. The van der Waals surface area contributed by atoms with E-state index in [1.807, 2.05) is 54.7 Å². The van der Waals surface area contributed by atoms with Crippen LogP contribution in [0.25, 0.3) is 28.0 Å². The van der Waals surface area contributed by atoms with Crippen molar-refractivity contribution in [2.24, 2.45) is 0 Å². The van der Waals surface area contributed by atoms with Gasteiger partial charge >= 0.3 is 7.60 Å². The molecule has 5 aromatic rings. The van der Waals surface area contributed by atoms with E-state index >= 15 is 0 Å². The van der Waals surface area contributed by atoms with E-state index in [9.17, 15) is 14.4 Å². The summed E-state index contributed by atoms with van der Waals surface area (Å²) in [7, 11) is -4.10. The summed E-state index contributed by atoms with van der Waals surface area (Å²) in [6.07, 6.45) is 1.76. The van der Waals surface area contributed by atoms with Gasteiger partial charge in [-0.05, 0) is 34.9 Å². The molecule has 0 radical (unpaired) electrons. The van der Waals surface area contributed by atoms with Gasteiger partial charge in [-0.3, -0.25) is 14.9 Å². The summed E-state index contributed by atoms with van der Waals surface area (Å²) in [6.45, 7) is 0. The molecule has 0 bridgehead atoms. The Hall–Kier alpha value is -3.70. The molecule has 7 heteroatoms. The number of benzene rings is 3. The lowest BCUT2D eigenvalue weighted by Gasteiger charge is -2.06. The minimum absolute atomic E-state index is 0.271. The fraction of sp³-hybridized carbons (Fsp3) is 0.0385. The summed E-state index contributed by atoms with van der Waals surface area (Å²) in [6, 6.07) is 31.7. The summed E-state index contributed by atoms with van der Waals surface area (Å²) in [5.74, 6) is 0.874. The molecule has 2 aromatic heterocycles. The number of hydrogen-bond acceptors (Lipinski definition) is 2. The van der Waals surface area contributed by atoms with Crippen molar-refractivity contribution < 1.29 is 18.8 Å². The maximum absolute atomic E-state index is 11.3. The molecule has 4 N–H and O–H groups in total. The number of imidazole rings is 1. The molecule has 0 aliphatic carbocycles. The van der Waals surface area contributed by atoms with E-state index < -0.39 is 7.60 Å². The lowest BCUT2D eigenvalue weighted by atomic mass is 10.1. The van der Waals surface area contributed by atoms with Gasteiger partial charge in [0.2, 0.25) is 5.65 Å². The van der Waals surface area contributed by atoms with Crippen molar-refractivity contribution in [2.45, 2.75) is 6.16 Å². The maximum atomic E-state index is 11.3. The molecule has 0 spiro atoms. The Morgan fingerprint density at radius 1 is 0.788 bits per heavy atom. The maximum Gasteiger partial charge on any atom is 0.329 e. The van der Waals surface area contributed by atoms with Crippen molar-refractivity contribution in [1.82, 2.24) is 4.98 Å². The highest BCUT2D eigenvalue weighted by atomic mass is 31.2. The zero-order chi connectivity index (χ0) is 22.8. The molecule has 2 heterocycles. The second kappa shape index (κ2) is 8.68. The fourth-order valence-corrected chi connectivity index (χ4v) is 4.60. The molecule has 0 saturated carbocycles. The molecule has 0 fully saturated rings. The highest BCUT2D eigenvalue weighted by Gasteiger charge is 2.21. The predicted molar refractivity (Wildman–Crippen MR) is 130 cm³/mol. The normalized spacial score (nSPS) is 11.6. The summed E-state index contributed by atoms with van der Waals surface area (Å²) in [5, 5.41) is 3.48. The minimum atomic E-state index is -4.10. The molecule has 3 aromatic carbocycles. The van der Waals surface area contributed by atoms with Gasteiger partial charge in [-0.25, -0.2) is 4.40 Å². The van der Waals surface area contributed by atoms with Crippen molar-refractivity contribution in [3.8, 4) is 22.4 Å². The molecular formula is C26H23N3O3P+. The number of pyridine rings is 1. The number of nitrogens with zero attached hydrogens (tertiary/aromatic N) is 1. The van der Waals surface area contributed by atoms with Crippen molar-refractivity contribution in [1.29, 1.82) is 0 Å². The van der Waals surface area contributed by atoms with Gasteiger partial charge in [0.1, 0.15) is 0 Å². The Morgan fingerprint density at radius 2 is 1.42 bits per heavy atom. The molecule has 33 heavy (non-hydrogen) atoms. The van der Waals surface area contributed by atoms with Crippen LogP contribution >= 0.6 is 7.60 Å². The molecule has 5 rings (SSSR count). The van der Waals surface area contributed by atoms with E-state index in [1.165, 1.54) is 0 Å². The van der Waals surface area contributed by atoms with Crippen LogP contribution in [-0.2, 0) is 10.7 Å². The van der Waals surface area contributed by atoms with Gasteiger partial charge in [-0.1, -0.05) is 72.8 Å². The quantitative estimate of drug-likeness (QED) is 0.200. The minimum Gasteiger partial charge on any atom is -0.324 e. The van der Waals surface area contributed by atoms with Crippen molar-refractivity contribution in [3.05, 3.63) is 109 Å². The van der Waals surface area contributed by atoms with Gasteiger partial charge in [-0.15, -0.1) is 0 Å². The van der Waals surface area contributed by atoms with Crippen LogP contribution in [0.4, 0.5) is 11.5 Å². The zero-order valence-electron chi connectivity index (χ0n) is 17.7. The van der Waals surface area contributed by atoms with Crippen LogP contribution < -0.4 is 9.72 Å². The summed E-state index contributed by atoms with van der Waals surface area (Å²) in [5.41, 5.74) is 6.60. The van der Waals surface area contributed by atoms with Crippen LogP contribution in [0.1, 0.15) is 5.56 Å². The lowest BCUT2D eigenvalue weighted by molar-refractivity contribution is -0.493. The largest absolute Gasteiger partial charge is 0.329 e. The third-order valence-corrected chi connectivity index (χ3v) is 6.24. The van der Waals surface area contributed by atoms with Gasteiger partial charge < -0.3 is 9.79 Å². The smallest absolute Gasteiger partial charge is 0.324 e. The van der Waals surface area contributed by atoms with Crippen LogP contribution in [-0.4, -0.2) is 14.8 Å². The molecular weight excluding hydrogens is 433 g/mol. The molecule has 0 unspecified atom stereocenters. The highest BCUT2D eigenvalue weighted by Crippen LogP contribution is 2.39. The number of fused-ring (bicyclic) bond motifs is 1. The molecule has 0 aliphatic rings. The number of nitrogens with one attached hydrogen (secondary N) is 2. The van der Waals surface area contributed by atoms with Gasteiger partial charge in [-0.2, -0.15) is 0 Å². The lowest BCUT2D eigenvalue weighted by Crippen LogP contribution is -2.22. The van der Waals surface area contributed by atoms with Crippen molar-refractivity contribution >= 4 is 24.7 Å². The third-order valence-electron chi connectivity index (χ3n) is 5.46. The second-order valence-corrected chi connectivity index (χ2v) is 9.54. The predicted octanol–water partition coefficient (Wildman–Crippen LogP) is 5.51. The van der Waals surface area contributed by atoms with E-state index in [4.69, 9.17) is 0 Å². The summed E-state index contributed by atoms with van der Waals surface area (Å²) >= 11 is 0. The fourth-order valence-electron chi connectivity index (χ4n) is 3.91. The average Bonchev–Trinajstić information content (AvgIpc) is 3.18. The first-order valence-corrected chi connectivity index (χ1v) is 12.3. The summed E-state index contributed by atoms with van der Waals surface area (Å²) < 4.78 is 13.4. The number of aromatic amines is 1. The van der Waals surface area contributed by atoms with E-state index in [0.29, 0.717) is 5.56 Å². The van der Waals surface area contributed by atoms with Crippen LogP contribution in [0, 0.1) is 0 Å². The first kappa shape index (κ1) is 21.2. The van der Waals surface area contributed by atoms with Gasteiger partial charge in [0, 0.05) is 11.6 Å². The Balaban J connectivity index is 1.57. The van der Waals surface area contributed by atoms with Gasteiger partial charge in [0.25, 0.3) is 5.82 Å². The van der Waals surface area contributed by atoms with E-state index in [2.05, 4.69) is 51.1 Å². The number of rotatable bonds is 6. The number of anilines is 2. The number of hydrogen-bond donors (Lipinski definition) is 4. The molecule has 164 valence electrons. The second-order valence-electron chi connectivity index (χ2n) is 7.90. The van der Waals surface area contributed by atoms with Gasteiger partial charge in [0.05, 0.1) is 18.0 Å². The summed E-state index contributed by atoms with van der Waals surface area (Å²) in [4.78, 5) is 22.0. The molecule has 0 atom stereocenters. The van der Waals surface area contributed by atoms with E-state index in [1.54, 1.807) is 12.1 Å². The first-order chi connectivity index (χ1) is 16.0. The Morgan fingerprint density at radius 3 is 2.06 bits per heavy atom. The standard InChI is InChI=1S/C26H22N3O3P/c30-33(31,32)18-19-11-13-23(14-12-19)27-26-25(21-9-5-2-6-10-21)28-24-17-22(15-16-29(24)26)20-7-3-1-4-8-20/h1-17,27H,18H2,(H2,30,31,32)/p+1. The van der Waals surface area contributed by atoms with Crippen LogP contribution in [0.3, 0.4) is 0 Å². The first-order valence-electron chi connectivity index (χ1n) is 10.5. The Bertz CT molecular complexity index is 1440. The Labute approximate surface area is 191 Å². The zero-order valence-corrected chi connectivity index (χ0v) is 18.6. The van der Waals surface area contributed by atoms with Crippen LogP contribution in [0.2, 0.25) is 0 Å². The number of aromatic nitrogens is 2. The topological polar surface area (TPSA) is 89.4 Å². The van der Waals surface area contributed by atoms with Crippen molar-refractivity contribution in [2.75, 3.05) is 5.32 Å². The number of H-pyrrole nitrogens is 1. The highest BCUT2D eigenvalue weighted by molar-refractivity contribution is 7.50. The van der Waals surface area contributed by atoms with Gasteiger partial charge in [0.15, 0.2) is 5.69 Å². The molecule has 0 saturated heterocycles. The third kappa shape index (κ3) is 4.73. The molecule has 6 nitrogen and oxygen atoms in total. The van der Waals surface area contributed by atoms with Crippen LogP contribution in [0.15, 0.2) is 103 Å².